The molecular formula is C26H29N2S+. The van der Waals surface area contributed by atoms with E-state index in [1.807, 2.05) is 6.08 Å². The van der Waals surface area contributed by atoms with Gasteiger partial charge in [0.25, 0.3) is 0 Å². The largest absolute Gasteiger partial charge is 0.271 e. The summed E-state index contributed by atoms with van der Waals surface area (Å²) in [5, 5.41) is 0. The van der Waals surface area contributed by atoms with Crippen molar-refractivity contribution in [3.8, 4) is 0 Å². The van der Waals surface area contributed by atoms with Crippen molar-refractivity contribution in [1.82, 2.24) is 4.48 Å². The number of hydrogen-bond donors (Lipinski definition) is 1. The molecule has 2 atom stereocenters. The van der Waals surface area contributed by atoms with Gasteiger partial charge in [0.15, 0.2) is 5.69 Å². The number of hydrogen-bond acceptors (Lipinski definition) is 2. The van der Waals surface area contributed by atoms with E-state index in [9.17, 15) is 0 Å². The Hall–Kier alpha value is -2.33. The Labute approximate surface area is 178 Å². The molecule has 3 aromatic rings. The number of unbranched alkanes of at least 4 members (excludes halogenated alkanes) is 2. The van der Waals surface area contributed by atoms with Gasteiger partial charge in [-0.15, -0.1) is 0 Å². The fraction of sp³-hybridized carbons (Fsp3) is 0.231. The van der Waals surface area contributed by atoms with Crippen LogP contribution >= 0.6 is 11.8 Å². The second-order valence-electron chi connectivity index (χ2n) is 7.63. The van der Waals surface area contributed by atoms with Crippen LogP contribution < -0.4 is 10.2 Å². The van der Waals surface area contributed by atoms with E-state index >= 15 is 0 Å². The van der Waals surface area contributed by atoms with Gasteiger partial charge in [0.05, 0.1) is 11.4 Å². The van der Waals surface area contributed by atoms with Gasteiger partial charge in [0, 0.05) is 5.56 Å². The molecule has 0 aliphatic carbocycles. The summed E-state index contributed by atoms with van der Waals surface area (Å²) in [4.78, 5) is 1.28. The Kier molecular flexibility index (Phi) is 6.19. The van der Waals surface area contributed by atoms with Gasteiger partial charge in [0.1, 0.15) is 5.69 Å². The molecule has 0 saturated heterocycles. The van der Waals surface area contributed by atoms with Crippen molar-refractivity contribution in [3.63, 3.8) is 0 Å². The fourth-order valence-electron chi connectivity index (χ4n) is 4.42. The Morgan fingerprint density at radius 2 is 1.59 bits per heavy atom. The molecule has 0 saturated carbocycles. The molecule has 3 aromatic carbocycles. The number of aryl methyl sites for hydroxylation is 1. The lowest BCUT2D eigenvalue weighted by Crippen LogP contribution is -2.53. The normalized spacial score (nSPS) is 20.4. The molecule has 0 spiro atoms. The molecule has 0 radical (unpaired) electrons. The minimum atomic E-state index is -0.0392. The highest BCUT2D eigenvalue weighted by atomic mass is 32.2. The molecule has 1 aliphatic rings. The van der Waals surface area contributed by atoms with Crippen LogP contribution in [0.5, 0.6) is 0 Å². The molecule has 1 heterocycles. The lowest BCUT2D eigenvalue weighted by molar-refractivity contribution is 0.357. The van der Waals surface area contributed by atoms with Gasteiger partial charge < -0.3 is 0 Å². The van der Waals surface area contributed by atoms with Gasteiger partial charge in [-0.25, -0.2) is 4.48 Å². The Bertz CT molecular complexity index is 955. The van der Waals surface area contributed by atoms with Gasteiger partial charge in [-0.1, -0.05) is 67.3 Å². The minimum Gasteiger partial charge on any atom is -0.271 e. The molecule has 3 heteroatoms. The number of quaternary nitrogens is 1. The van der Waals surface area contributed by atoms with Crippen molar-refractivity contribution < 1.29 is 0 Å². The SMILES string of the molecule is C=Cc1cccc2c1[N+](CCCCCc1ccccc1)(c1ccccc1)C(N)S2. The van der Waals surface area contributed by atoms with Crippen LogP contribution in [0.2, 0.25) is 0 Å². The molecule has 4 rings (SSSR count). The lowest BCUT2D eigenvalue weighted by atomic mass is 10.0. The standard InChI is InChI=1S/C26H29N2S/c1-2-22-16-12-19-24-25(22)28(26(27)29-24,23-17-9-4-10-18-23)20-11-5-8-15-21-13-6-3-7-14-21/h2-4,6-7,9-10,12-14,16-19,26H,1,5,8,11,15,20,27H2/q+1. The Balaban J connectivity index is 1.58. The average molecular weight is 402 g/mol. The Morgan fingerprint density at radius 1 is 0.862 bits per heavy atom. The van der Waals surface area contributed by atoms with E-state index in [4.69, 9.17) is 5.73 Å². The number of para-hydroxylation sites is 2. The number of nitrogens with zero attached hydrogens (tertiary/aromatic N) is 1. The zero-order valence-corrected chi connectivity index (χ0v) is 17.7. The molecule has 148 valence electrons. The van der Waals surface area contributed by atoms with Crippen LogP contribution in [-0.4, -0.2) is 12.0 Å². The number of rotatable bonds is 8. The van der Waals surface area contributed by atoms with Crippen LogP contribution in [0.3, 0.4) is 0 Å². The summed E-state index contributed by atoms with van der Waals surface area (Å²) >= 11 is 1.79. The Morgan fingerprint density at radius 3 is 2.31 bits per heavy atom. The van der Waals surface area contributed by atoms with E-state index < -0.39 is 0 Å². The zero-order chi connectivity index (χ0) is 20.1. The third-order valence-corrected chi connectivity index (χ3v) is 7.05. The predicted molar refractivity (Wildman–Crippen MR) is 127 cm³/mol. The minimum absolute atomic E-state index is 0.0392. The highest BCUT2D eigenvalue weighted by Gasteiger charge is 2.48. The van der Waals surface area contributed by atoms with Crippen molar-refractivity contribution in [2.45, 2.75) is 36.1 Å². The van der Waals surface area contributed by atoms with E-state index in [1.54, 1.807) is 11.8 Å². The third-order valence-electron chi connectivity index (χ3n) is 5.87. The van der Waals surface area contributed by atoms with Crippen molar-refractivity contribution in [2.24, 2.45) is 5.73 Å². The number of nitrogens with two attached hydrogens (primary N) is 1. The van der Waals surface area contributed by atoms with Gasteiger partial charge in [-0.3, -0.25) is 5.73 Å². The molecule has 29 heavy (non-hydrogen) atoms. The highest BCUT2D eigenvalue weighted by Crippen LogP contribution is 2.54. The monoisotopic (exact) mass is 401 g/mol. The zero-order valence-electron chi connectivity index (χ0n) is 16.8. The first-order valence-corrected chi connectivity index (χ1v) is 11.3. The van der Waals surface area contributed by atoms with Crippen molar-refractivity contribution in [2.75, 3.05) is 6.54 Å². The first-order valence-electron chi connectivity index (χ1n) is 10.4. The van der Waals surface area contributed by atoms with Crippen LogP contribution in [0.25, 0.3) is 6.08 Å². The molecule has 2 unspecified atom stereocenters. The third kappa shape index (κ3) is 3.91. The van der Waals surface area contributed by atoms with Crippen LogP contribution in [0.1, 0.15) is 30.4 Å². The number of thioether (sulfide) groups is 1. The van der Waals surface area contributed by atoms with Crippen LogP contribution in [-0.2, 0) is 6.42 Å². The summed E-state index contributed by atoms with van der Waals surface area (Å²) in [6.45, 7) is 5.08. The molecular weight excluding hydrogens is 372 g/mol. The molecule has 2 N–H and O–H groups in total. The summed E-state index contributed by atoms with van der Waals surface area (Å²) < 4.78 is 0.703. The smallest absolute Gasteiger partial charge is 0.202 e. The molecule has 0 fully saturated rings. The van der Waals surface area contributed by atoms with Gasteiger partial charge in [-0.2, -0.15) is 0 Å². The topological polar surface area (TPSA) is 26.0 Å². The average Bonchev–Trinajstić information content (AvgIpc) is 3.07. The molecule has 0 bridgehead atoms. The van der Waals surface area contributed by atoms with E-state index in [0.717, 1.165) is 19.4 Å². The van der Waals surface area contributed by atoms with Gasteiger partial charge in [-0.05, 0) is 67.3 Å². The van der Waals surface area contributed by atoms with E-state index in [2.05, 4.69) is 85.4 Å². The molecule has 2 nitrogen and oxygen atoms in total. The quantitative estimate of drug-likeness (QED) is 0.334. The predicted octanol–water partition coefficient (Wildman–Crippen LogP) is 6.73. The van der Waals surface area contributed by atoms with Crippen molar-refractivity contribution in [1.29, 1.82) is 0 Å². The molecule has 1 aliphatic heterocycles. The van der Waals surface area contributed by atoms with Crippen LogP contribution in [0.15, 0.2) is 90.3 Å². The van der Waals surface area contributed by atoms with Crippen LogP contribution in [0, 0.1) is 0 Å². The second-order valence-corrected chi connectivity index (χ2v) is 8.79. The van der Waals surface area contributed by atoms with Gasteiger partial charge in [0.2, 0.25) is 5.50 Å². The fourth-order valence-corrected chi connectivity index (χ4v) is 5.75. The summed E-state index contributed by atoms with van der Waals surface area (Å²) in [5.41, 5.74) is 12.0. The lowest BCUT2D eigenvalue weighted by Gasteiger charge is -2.38. The van der Waals surface area contributed by atoms with Crippen molar-refractivity contribution >= 4 is 29.2 Å². The van der Waals surface area contributed by atoms with Gasteiger partial charge >= 0.3 is 0 Å². The number of fused-ring (bicyclic) bond motifs is 1. The maximum atomic E-state index is 6.83. The van der Waals surface area contributed by atoms with Crippen LogP contribution in [0.4, 0.5) is 11.4 Å². The first kappa shape index (κ1) is 20.0. The summed E-state index contributed by atoms with van der Waals surface area (Å²) in [7, 11) is 0. The summed E-state index contributed by atoms with van der Waals surface area (Å²) in [6.07, 6.45) is 6.66. The molecule has 0 aromatic heterocycles. The number of benzene rings is 3. The maximum absolute atomic E-state index is 6.83. The molecule has 0 amide bonds. The second kappa shape index (κ2) is 9.00. The van der Waals surface area contributed by atoms with E-state index in [1.165, 1.54) is 40.2 Å². The van der Waals surface area contributed by atoms with E-state index in [0.29, 0.717) is 4.48 Å². The highest BCUT2D eigenvalue weighted by molar-refractivity contribution is 8.00. The van der Waals surface area contributed by atoms with E-state index in [-0.39, 0.29) is 5.50 Å². The summed E-state index contributed by atoms with van der Waals surface area (Å²) in [6, 6.07) is 28.0. The van der Waals surface area contributed by atoms with Crippen molar-refractivity contribution in [3.05, 3.63) is 96.6 Å². The maximum Gasteiger partial charge on any atom is 0.202 e. The first-order chi connectivity index (χ1) is 14.3. The summed E-state index contributed by atoms with van der Waals surface area (Å²) in [5.74, 6) is 0.